The Kier molecular flexibility index (Phi) is 4.06. The molecule has 19 heavy (non-hydrogen) atoms. The smallest absolute Gasteiger partial charge is 0.361 e. The zero-order valence-corrected chi connectivity index (χ0v) is 11.5. The second-order valence-corrected chi connectivity index (χ2v) is 5.14. The average molecular weight is 388 g/mol. The monoisotopic (exact) mass is 388 g/mol. The van der Waals surface area contributed by atoms with E-state index in [9.17, 15) is 24.3 Å². The summed E-state index contributed by atoms with van der Waals surface area (Å²) in [5.74, 6) is 0. The van der Waals surface area contributed by atoms with Gasteiger partial charge in [-0.05, 0) is 22.6 Å². The predicted octanol–water partition coefficient (Wildman–Crippen LogP) is -2.04. The number of nitrogens with zero attached hydrogens (tertiary/aromatic N) is 2. The molecule has 1 unspecified atom stereocenters. The van der Waals surface area contributed by atoms with Crippen molar-refractivity contribution in [1.82, 2.24) is 9.36 Å². The van der Waals surface area contributed by atoms with E-state index < -0.39 is 42.4 Å². The molecular weight excluding hydrogens is 378 g/mol. The zero-order valence-electron chi connectivity index (χ0n) is 9.31. The Labute approximate surface area is 118 Å². The molecule has 1 fully saturated rings. The molecule has 1 aromatic heterocycles. The fraction of sp³-hybridized carbons (Fsp3) is 0.556. The highest BCUT2D eigenvalue weighted by atomic mass is 127. The van der Waals surface area contributed by atoms with Gasteiger partial charge in [0.05, 0.1) is 16.4 Å². The molecule has 0 saturated carbocycles. The van der Waals surface area contributed by atoms with Crippen LogP contribution in [0.5, 0.6) is 0 Å². The molecule has 2 heterocycles. The molecule has 2 rings (SSSR count). The van der Waals surface area contributed by atoms with Crippen LogP contribution in [-0.4, -0.2) is 49.6 Å². The van der Waals surface area contributed by atoms with E-state index >= 15 is 0 Å². The van der Waals surface area contributed by atoms with Crippen molar-refractivity contribution in [3.05, 3.63) is 30.6 Å². The van der Waals surface area contributed by atoms with Crippen LogP contribution in [0.15, 0.2) is 15.8 Å². The van der Waals surface area contributed by atoms with Gasteiger partial charge < -0.3 is 20.1 Å². The van der Waals surface area contributed by atoms with E-state index in [4.69, 9.17) is 9.84 Å². The van der Waals surface area contributed by atoms with Gasteiger partial charge >= 0.3 is 5.69 Å². The highest BCUT2D eigenvalue weighted by Crippen LogP contribution is 2.27. The Morgan fingerprint density at radius 3 is 2.53 bits per heavy atom. The zero-order chi connectivity index (χ0) is 14.3. The van der Waals surface area contributed by atoms with E-state index in [1.54, 1.807) is 0 Å². The van der Waals surface area contributed by atoms with Crippen molar-refractivity contribution in [1.29, 1.82) is 0 Å². The fourth-order valence-electron chi connectivity index (χ4n) is 1.83. The summed E-state index contributed by atoms with van der Waals surface area (Å²) < 4.78 is 18.6. The number of ether oxygens (including phenoxy) is 1. The summed E-state index contributed by atoms with van der Waals surface area (Å²) in [6.07, 6.45) is -5.11. The van der Waals surface area contributed by atoms with Gasteiger partial charge in [-0.1, -0.05) is 4.48 Å². The third kappa shape index (κ3) is 2.33. The second kappa shape index (κ2) is 5.28. The largest absolute Gasteiger partial charge is 0.394 e. The van der Waals surface area contributed by atoms with E-state index in [1.165, 1.54) is 22.6 Å². The van der Waals surface area contributed by atoms with E-state index in [0.717, 1.165) is 0 Å². The fourth-order valence-corrected chi connectivity index (χ4v) is 2.34. The maximum absolute atomic E-state index is 13.3. The van der Waals surface area contributed by atoms with Gasteiger partial charge in [0.1, 0.15) is 18.3 Å². The van der Waals surface area contributed by atoms with E-state index in [1.807, 2.05) is 0 Å². The molecule has 0 amide bonds. The van der Waals surface area contributed by atoms with Gasteiger partial charge in [0, 0.05) is 0 Å². The lowest BCUT2D eigenvalue weighted by Gasteiger charge is -2.16. The minimum atomic E-state index is -1.62. The van der Waals surface area contributed by atoms with Gasteiger partial charge in [0.25, 0.3) is 5.56 Å². The van der Waals surface area contributed by atoms with Crippen molar-refractivity contribution in [2.75, 3.05) is 6.61 Å². The lowest BCUT2D eigenvalue weighted by Crippen LogP contribution is -2.45. The van der Waals surface area contributed by atoms with Gasteiger partial charge in [-0.15, -0.1) is 4.79 Å². The standard InChI is InChI=1S/C9H10FIN2O6/c10-12-1-3(11)7(17)13(9(12)18)8-6(16)5(15)4(2-14)19-8/h1,4-6,8,14-16H,2H2/t4-,5-,6+,8?/m1/s1. The summed E-state index contributed by atoms with van der Waals surface area (Å²) in [4.78, 5) is 23.1. The lowest BCUT2D eigenvalue weighted by atomic mass is 10.1. The Morgan fingerprint density at radius 1 is 1.37 bits per heavy atom. The first-order valence-corrected chi connectivity index (χ1v) is 6.28. The summed E-state index contributed by atoms with van der Waals surface area (Å²) >= 11 is 1.52. The summed E-state index contributed by atoms with van der Waals surface area (Å²) in [5, 5.41) is 28.2. The van der Waals surface area contributed by atoms with Crippen LogP contribution in [0.3, 0.4) is 0 Å². The molecule has 0 aromatic carbocycles. The molecule has 3 N–H and O–H groups in total. The summed E-state index contributed by atoms with van der Waals surface area (Å²) in [5.41, 5.74) is -2.19. The van der Waals surface area contributed by atoms with Crippen molar-refractivity contribution in [3.8, 4) is 0 Å². The van der Waals surface area contributed by atoms with Crippen LogP contribution in [0.1, 0.15) is 6.23 Å². The number of hydrogen-bond donors (Lipinski definition) is 3. The Hall–Kier alpha value is -0.820. The van der Waals surface area contributed by atoms with Crippen LogP contribution in [0.2, 0.25) is 0 Å². The van der Waals surface area contributed by atoms with Gasteiger partial charge in [-0.2, -0.15) is 0 Å². The number of aliphatic hydroxyl groups is 3. The molecule has 0 bridgehead atoms. The van der Waals surface area contributed by atoms with Crippen LogP contribution in [0, 0.1) is 3.57 Å². The molecule has 10 heteroatoms. The first kappa shape index (κ1) is 14.6. The van der Waals surface area contributed by atoms with Crippen LogP contribution in [-0.2, 0) is 4.74 Å². The molecule has 8 nitrogen and oxygen atoms in total. The predicted molar refractivity (Wildman–Crippen MR) is 67.2 cm³/mol. The Bertz CT molecular complexity index is 567. The van der Waals surface area contributed by atoms with Crippen molar-refractivity contribution >= 4 is 22.6 Å². The summed E-state index contributed by atoms with van der Waals surface area (Å²) in [7, 11) is 0. The van der Waals surface area contributed by atoms with E-state index in [2.05, 4.69) is 0 Å². The van der Waals surface area contributed by atoms with Crippen LogP contribution in [0.25, 0.3) is 0 Å². The second-order valence-electron chi connectivity index (χ2n) is 3.97. The summed E-state index contributed by atoms with van der Waals surface area (Å²) in [6, 6.07) is 0. The van der Waals surface area contributed by atoms with Crippen molar-refractivity contribution in [2.45, 2.75) is 24.5 Å². The third-order valence-corrected chi connectivity index (χ3v) is 3.55. The van der Waals surface area contributed by atoms with Crippen LogP contribution < -0.4 is 11.2 Å². The van der Waals surface area contributed by atoms with Crippen molar-refractivity contribution in [2.24, 2.45) is 0 Å². The average Bonchev–Trinajstić information content (AvgIpc) is 2.65. The first-order valence-electron chi connectivity index (χ1n) is 5.20. The molecule has 4 atom stereocenters. The summed E-state index contributed by atoms with van der Waals surface area (Å²) in [6.45, 7) is -0.614. The highest BCUT2D eigenvalue weighted by Gasteiger charge is 2.44. The molecule has 0 radical (unpaired) electrons. The molecule has 1 aliphatic rings. The minimum Gasteiger partial charge on any atom is -0.394 e. The Morgan fingerprint density at radius 2 is 2.00 bits per heavy atom. The Balaban J connectivity index is 2.55. The normalized spacial score (nSPS) is 30.8. The molecular formula is C9H10FIN2O6. The minimum absolute atomic E-state index is 0.0996. The first-order chi connectivity index (χ1) is 8.88. The number of halogens is 2. The SMILES string of the molecule is O=c1c(I)cn(F)c(=O)n1C1O[C@H](CO)[C@@H](O)[C@@H]1O. The molecule has 1 aliphatic heterocycles. The van der Waals surface area contributed by atoms with Crippen LogP contribution >= 0.6 is 22.6 Å². The third-order valence-electron chi connectivity index (χ3n) is 2.81. The number of hydrogen-bond acceptors (Lipinski definition) is 6. The van der Waals surface area contributed by atoms with Gasteiger partial charge in [0.2, 0.25) is 0 Å². The van der Waals surface area contributed by atoms with Crippen molar-refractivity contribution < 1.29 is 24.5 Å². The maximum atomic E-state index is 13.3. The maximum Gasteiger partial charge on any atom is 0.361 e. The topological polar surface area (TPSA) is 114 Å². The molecule has 1 saturated heterocycles. The van der Waals surface area contributed by atoms with Gasteiger partial charge in [-0.3, -0.25) is 4.79 Å². The van der Waals surface area contributed by atoms with Crippen LogP contribution in [0.4, 0.5) is 4.48 Å². The highest BCUT2D eigenvalue weighted by molar-refractivity contribution is 14.1. The van der Waals surface area contributed by atoms with E-state index in [-0.39, 0.29) is 8.36 Å². The molecule has 1 aromatic rings. The van der Waals surface area contributed by atoms with Gasteiger partial charge in [0.15, 0.2) is 6.23 Å². The molecule has 106 valence electrons. The molecule has 0 aliphatic carbocycles. The lowest BCUT2D eigenvalue weighted by molar-refractivity contribution is -0.0580. The quantitative estimate of drug-likeness (QED) is 0.504. The van der Waals surface area contributed by atoms with Crippen molar-refractivity contribution in [3.63, 3.8) is 0 Å². The van der Waals surface area contributed by atoms with E-state index in [0.29, 0.717) is 10.8 Å². The number of aromatic nitrogens is 2. The number of aliphatic hydroxyl groups excluding tert-OH is 3. The van der Waals surface area contributed by atoms with Gasteiger partial charge in [-0.25, -0.2) is 9.36 Å². The number of rotatable bonds is 2. The molecule has 0 spiro atoms.